The largest absolute Gasteiger partial charge is 0.237 e. The molecule has 1 rings (SSSR count). The Morgan fingerprint density at radius 3 is 2.60 bits per heavy atom. The fraction of sp³-hybridized carbons (Fsp3) is 0.200. The van der Waals surface area contributed by atoms with Gasteiger partial charge < -0.3 is 0 Å². The normalized spacial score (nSPS) is 10.4. The van der Waals surface area contributed by atoms with Crippen LogP contribution in [0.2, 0.25) is 5.02 Å². The van der Waals surface area contributed by atoms with Gasteiger partial charge in [-0.25, -0.2) is 9.97 Å². The smallest absolute Gasteiger partial charge is 0.167 e. The van der Waals surface area contributed by atoms with Crippen LogP contribution in [0.4, 0.5) is 0 Å². The SMILES string of the molecule is Clc1[c]nc(C(Cl)Cl)nc1. The summed E-state index contributed by atoms with van der Waals surface area (Å²) < 4.78 is 0. The van der Waals surface area contributed by atoms with E-state index in [0.29, 0.717) is 10.8 Å². The summed E-state index contributed by atoms with van der Waals surface area (Å²) >= 11 is 16.3. The number of hydrogen-bond acceptors (Lipinski definition) is 2. The van der Waals surface area contributed by atoms with E-state index in [1.807, 2.05) is 0 Å². The van der Waals surface area contributed by atoms with Crippen molar-refractivity contribution in [1.29, 1.82) is 0 Å². The van der Waals surface area contributed by atoms with Crippen LogP contribution < -0.4 is 0 Å². The van der Waals surface area contributed by atoms with E-state index in [0.717, 1.165) is 0 Å². The summed E-state index contributed by atoms with van der Waals surface area (Å²) in [7, 11) is 0. The van der Waals surface area contributed by atoms with Gasteiger partial charge in [-0.05, 0) is 0 Å². The summed E-state index contributed by atoms with van der Waals surface area (Å²) in [6, 6.07) is 0. The van der Waals surface area contributed by atoms with E-state index >= 15 is 0 Å². The first-order chi connectivity index (χ1) is 4.70. The highest BCUT2D eigenvalue weighted by molar-refractivity contribution is 6.43. The highest BCUT2D eigenvalue weighted by atomic mass is 35.5. The predicted molar refractivity (Wildman–Crippen MR) is 40.3 cm³/mol. The molecule has 0 bridgehead atoms. The minimum absolute atomic E-state index is 0.313. The van der Waals surface area contributed by atoms with Crippen molar-refractivity contribution < 1.29 is 0 Å². The molecule has 0 aromatic carbocycles. The van der Waals surface area contributed by atoms with Gasteiger partial charge in [0.2, 0.25) is 0 Å². The van der Waals surface area contributed by atoms with Gasteiger partial charge in [0.25, 0.3) is 0 Å². The lowest BCUT2D eigenvalue weighted by molar-refractivity contribution is 1.01. The molecule has 0 saturated heterocycles. The predicted octanol–water partition coefficient (Wildman–Crippen LogP) is 2.41. The van der Waals surface area contributed by atoms with E-state index in [-0.39, 0.29) is 0 Å². The molecule has 0 atom stereocenters. The molecule has 0 aliphatic heterocycles. The lowest BCUT2D eigenvalue weighted by Crippen LogP contribution is -1.91. The topological polar surface area (TPSA) is 25.8 Å². The van der Waals surface area contributed by atoms with Crippen LogP contribution in [0, 0.1) is 6.20 Å². The third-order valence-corrected chi connectivity index (χ3v) is 1.36. The molecule has 0 amide bonds. The summed E-state index contributed by atoms with van der Waals surface area (Å²) in [4.78, 5) is 6.67. The van der Waals surface area contributed by atoms with Crippen LogP contribution in [0.5, 0.6) is 0 Å². The van der Waals surface area contributed by atoms with Crippen molar-refractivity contribution in [2.75, 3.05) is 0 Å². The van der Waals surface area contributed by atoms with E-state index in [4.69, 9.17) is 34.8 Å². The maximum atomic E-state index is 5.45. The van der Waals surface area contributed by atoms with Crippen molar-refractivity contribution in [3.63, 3.8) is 0 Å². The Hall–Kier alpha value is -0.0500. The molecule has 1 heterocycles. The first-order valence-corrected chi connectivity index (χ1v) is 3.63. The van der Waals surface area contributed by atoms with Crippen LogP contribution in [-0.4, -0.2) is 9.97 Å². The van der Waals surface area contributed by atoms with Crippen molar-refractivity contribution in [3.8, 4) is 0 Å². The van der Waals surface area contributed by atoms with Crippen LogP contribution in [0.25, 0.3) is 0 Å². The van der Waals surface area contributed by atoms with Gasteiger partial charge in [0.15, 0.2) is 10.7 Å². The Kier molecular flexibility index (Phi) is 2.72. The molecule has 5 heteroatoms. The van der Waals surface area contributed by atoms with Crippen LogP contribution in [-0.2, 0) is 0 Å². The number of rotatable bonds is 1. The average molecular weight is 196 g/mol. The van der Waals surface area contributed by atoms with E-state index in [2.05, 4.69) is 16.2 Å². The molecule has 1 radical (unpaired) electrons. The fourth-order valence-electron chi connectivity index (χ4n) is 0.396. The van der Waals surface area contributed by atoms with Gasteiger partial charge in [0.1, 0.15) is 6.20 Å². The maximum Gasteiger partial charge on any atom is 0.167 e. The van der Waals surface area contributed by atoms with Gasteiger partial charge >= 0.3 is 0 Å². The maximum absolute atomic E-state index is 5.45. The van der Waals surface area contributed by atoms with Gasteiger partial charge in [0.05, 0.1) is 11.2 Å². The van der Waals surface area contributed by atoms with E-state index in [1.54, 1.807) is 0 Å². The zero-order valence-corrected chi connectivity index (χ0v) is 6.95. The molecule has 0 aliphatic carbocycles. The standard InChI is InChI=1S/C5H2Cl3N2/c6-3-1-9-5(4(7)8)10-2-3/h1,4H. The molecule has 0 N–H and O–H groups in total. The summed E-state index contributed by atoms with van der Waals surface area (Å²) in [5, 5.41) is 0.345. The number of alkyl halides is 2. The number of halogens is 3. The van der Waals surface area contributed by atoms with E-state index in [9.17, 15) is 0 Å². The molecule has 1 aromatic rings. The Bertz CT molecular complexity index is 209. The molecule has 53 valence electrons. The number of aromatic nitrogens is 2. The molecular formula is C5H2Cl3N2. The summed E-state index contributed by atoms with van der Waals surface area (Å²) in [6.07, 6.45) is 3.86. The molecule has 10 heavy (non-hydrogen) atoms. The van der Waals surface area contributed by atoms with Crippen molar-refractivity contribution in [2.45, 2.75) is 4.84 Å². The molecule has 0 fully saturated rings. The monoisotopic (exact) mass is 195 g/mol. The molecule has 0 unspecified atom stereocenters. The first-order valence-electron chi connectivity index (χ1n) is 2.38. The quantitative estimate of drug-likeness (QED) is 0.645. The summed E-state index contributed by atoms with van der Waals surface area (Å²) in [5.41, 5.74) is 0. The van der Waals surface area contributed by atoms with E-state index < -0.39 is 4.84 Å². The second-order valence-electron chi connectivity index (χ2n) is 1.49. The molecule has 0 aliphatic rings. The van der Waals surface area contributed by atoms with Crippen LogP contribution in [0.3, 0.4) is 0 Å². The van der Waals surface area contributed by atoms with Crippen molar-refractivity contribution in [2.24, 2.45) is 0 Å². The second kappa shape index (κ2) is 3.37. The minimum Gasteiger partial charge on any atom is -0.237 e. The fourth-order valence-corrected chi connectivity index (χ4v) is 0.698. The first kappa shape index (κ1) is 8.05. The minimum atomic E-state index is -0.714. The van der Waals surface area contributed by atoms with Crippen LogP contribution >= 0.6 is 34.8 Å². The van der Waals surface area contributed by atoms with Crippen LogP contribution in [0.1, 0.15) is 10.7 Å². The number of hydrogen-bond donors (Lipinski definition) is 0. The average Bonchev–Trinajstić information content (AvgIpc) is 1.88. The zero-order chi connectivity index (χ0) is 7.56. The van der Waals surface area contributed by atoms with Gasteiger partial charge in [-0.2, -0.15) is 0 Å². The van der Waals surface area contributed by atoms with Crippen molar-refractivity contribution >= 4 is 34.8 Å². The Labute approximate surface area is 73.1 Å². The third-order valence-electron chi connectivity index (χ3n) is 0.783. The van der Waals surface area contributed by atoms with Crippen molar-refractivity contribution in [3.05, 3.63) is 23.2 Å². The van der Waals surface area contributed by atoms with Gasteiger partial charge in [-0.1, -0.05) is 34.8 Å². The Morgan fingerprint density at radius 1 is 1.50 bits per heavy atom. The van der Waals surface area contributed by atoms with E-state index in [1.165, 1.54) is 6.20 Å². The second-order valence-corrected chi connectivity index (χ2v) is 2.99. The molecular weight excluding hydrogens is 194 g/mol. The molecule has 1 aromatic heterocycles. The Morgan fingerprint density at radius 2 is 2.20 bits per heavy atom. The highest BCUT2D eigenvalue weighted by Crippen LogP contribution is 2.20. The third kappa shape index (κ3) is 1.97. The highest BCUT2D eigenvalue weighted by Gasteiger charge is 2.05. The lowest BCUT2D eigenvalue weighted by atomic mass is 10.6. The van der Waals surface area contributed by atoms with Gasteiger partial charge in [-0.15, -0.1) is 0 Å². The zero-order valence-electron chi connectivity index (χ0n) is 4.68. The Balaban J connectivity index is 2.89. The molecule has 0 spiro atoms. The molecule has 2 nitrogen and oxygen atoms in total. The number of nitrogens with zero attached hydrogens (tertiary/aromatic N) is 2. The lowest BCUT2D eigenvalue weighted by Gasteiger charge is -1.95. The summed E-state index contributed by atoms with van der Waals surface area (Å²) in [6.45, 7) is 0. The van der Waals surface area contributed by atoms with Crippen molar-refractivity contribution in [1.82, 2.24) is 9.97 Å². The van der Waals surface area contributed by atoms with Crippen LogP contribution in [0.15, 0.2) is 6.20 Å². The molecule has 0 saturated carbocycles. The van der Waals surface area contributed by atoms with Gasteiger partial charge in [0, 0.05) is 0 Å². The summed E-state index contributed by atoms with van der Waals surface area (Å²) in [5.74, 6) is 0.313. The van der Waals surface area contributed by atoms with Gasteiger partial charge in [-0.3, -0.25) is 0 Å².